The van der Waals surface area contributed by atoms with Crippen LogP contribution in [0.4, 0.5) is 0 Å². The Bertz CT molecular complexity index is 234. The second-order valence-electron chi connectivity index (χ2n) is 5.14. The van der Waals surface area contributed by atoms with Gasteiger partial charge in [-0.25, -0.2) is 0 Å². The van der Waals surface area contributed by atoms with E-state index < -0.39 is 0 Å². The number of piperidine rings is 1. The quantitative estimate of drug-likeness (QED) is 0.729. The van der Waals surface area contributed by atoms with E-state index >= 15 is 0 Å². The zero-order valence-electron chi connectivity index (χ0n) is 10.6. The van der Waals surface area contributed by atoms with Gasteiger partial charge < -0.3 is 15.0 Å². The summed E-state index contributed by atoms with van der Waals surface area (Å²) in [6, 6.07) is 0. The third kappa shape index (κ3) is 4.28. The molecule has 4 heteroatoms. The summed E-state index contributed by atoms with van der Waals surface area (Å²) in [6.45, 7) is 5.13. The number of ether oxygens (including phenoxy) is 1. The van der Waals surface area contributed by atoms with Gasteiger partial charge in [-0.1, -0.05) is 0 Å². The molecule has 17 heavy (non-hydrogen) atoms. The Labute approximate surface area is 104 Å². The molecule has 0 aromatic rings. The summed E-state index contributed by atoms with van der Waals surface area (Å²) in [5.41, 5.74) is 0. The number of carbonyl (C=O) groups is 1. The molecule has 0 aliphatic carbocycles. The van der Waals surface area contributed by atoms with Crippen molar-refractivity contribution in [1.82, 2.24) is 10.2 Å². The van der Waals surface area contributed by atoms with Crippen molar-refractivity contribution >= 4 is 5.91 Å². The van der Waals surface area contributed by atoms with Crippen molar-refractivity contribution < 1.29 is 9.53 Å². The fraction of sp³-hybridized carbons (Fsp3) is 0.923. The van der Waals surface area contributed by atoms with Gasteiger partial charge in [0.15, 0.2) is 0 Å². The summed E-state index contributed by atoms with van der Waals surface area (Å²) in [6.07, 6.45) is 5.97. The van der Waals surface area contributed by atoms with Crippen LogP contribution in [0.15, 0.2) is 0 Å². The number of hydrogen-bond acceptors (Lipinski definition) is 3. The molecule has 1 unspecified atom stereocenters. The van der Waals surface area contributed by atoms with Crippen molar-refractivity contribution in [3.63, 3.8) is 0 Å². The van der Waals surface area contributed by atoms with E-state index in [0.717, 1.165) is 58.0 Å². The smallest absolute Gasteiger partial charge is 0.248 e. The first-order valence-electron chi connectivity index (χ1n) is 6.92. The van der Waals surface area contributed by atoms with Crippen molar-refractivity contribution in [1.29, 1.82) is 0 Å². The van der Waals surface area contributed by atoms with Gasteiger partial charge in [-0.15, -0.1) is 0 Å². The summed E-state index contributed by atoms with van der Waals surface area (Å²) in [5, 5.41) is 3.40. The van der Waals surface area contributed by atoms with E-state index in [1.807, 2.05) is 4.90 Å². The molecule has 2 aliphatic rings. The van der Waals surface area contributed by atoms with Crippen molar-refractivity contribution in [2.75, 3.05) is 39.4 Å². The maximum Gasteiger partial charge on any atom is 0.248 e. The van der Waals surface area contributed by atoms with E-state index in [1.165, 1.54) is 12.8 Å². The fourth-order valence-corrected chi connectivity index (χ4v) is 2.64. The standard InChI is InChI=1S/C13H24N2O2/c16-13(15-7-1-2-8-15)11-17-9-5-12-4-3-6-14-10-12/h12,14H,1-11H2. The lowest BCUT2D eigenvalue weighted by Crippen LogP contribution is -2.32. The lowest BCUT2D eigenvalue weighted by Gasteiger charge is -2.22. The summed E-state index contributed by atoms with van der Waals surface area (Å²) in [4.78, 5) is 13.6. The van der Waals surface area contributed by atoms with Crippen LogP contribution in [-0.4, -0.2) is 50.2 Å². The number of nitrogens with one attached hydrogen (secondary N) is 1. The Morgan fingerprint density at radius 1 is 1.29 bits per heavy atom. The number of likely N-dealkylation sites (tertiary alicyclic amines) is 1. The predicted molar refractivity (Wildman–Crippen MR) is 66.8 cm³/mol. The van der Waals surface area contributed by atoms with Crippen LogP contribution in [-0.2, 0) is 9.53 Å². The number of nitrogens with zero attached hydrogens (tertiary/aromatic N) is 1. The van der Waals surface area contributed by atoms with Crippen molar-refractivity contribution in [2.45, 2.75) is 32.1 Å². The maximum atomic E-state index is 11.7. The molecule has 2 fully saturated rings. The first-order chi connectivity index (χ1) is 8.36. The molecular weight excluding hydrogens is 216 g/mol. The lowest BCUT2D eigenvalue weighted by atomic mass is 9.97. The molecule has 2 rings (SSSR count). The van der Waals surface area contributed by atoms with Gasteiger partial charge in [0, 0.05) is 19.7 Å². The predicted octanol–water partition coefficient (Wildman–Crippen LogP) is 1.02. The van der Waals surface area contributed by atoms with Gasteiger partial charge in [-0.2, -0.15) is 0 Å². The Balaban J connectivity index is 1.51. The van der Waals surface area contributed by atoms with Gasteiger partial charge in [-0.05, 0) is 51.1 Å². The third-order valence-electron chi connectivity index (χ3n) is 3.75. The summed E-state index contributed by atoms with van der Waals surface area (Å²) >= 11 is 0. The van der Waals surface area contributed by atoms with Crippen LogP contribution in [0.3, 0.4) is 0 Å². The van der Waals surface area contributed by atoms with E-state index in [1.54, 1.807) is 0 Å². The molecule has 2 saturated heterocycles. The molecule has 0 aromatic carbocycles. The molecule has 2 heterocycles. The van der Waals surface area contributed by atoms with Crippen molar-refractivity contribution in [3.05, 3.63) is 0 Å². The second-order valence-corrected chi connectivity index (χ2v) is 5.14. The van der Waals surface area contributed by atoms with E-state index in [2.05, 4.69) is 5.32 Å². The summed E-state index contributed by atoms with van der Waals surface area (Å²) < 4.78 is 5.49. The third-order valence-corrected chi connectivity index (χ3v) is 3.75. The van der Waals surface area contributed by atoms with Gasteiger partial charge >= 0.3 is 0 Å². The molecule has 2 aliphatic heterocycles. The van der Waals surface area contributed by atoms with Crippen LogP contribution in [0.1, 0.15) is 32.1 Å². The van der Waals surface area contributed by atoms with E-state index in [-0.39, 0.29) is 12.5 Å². The molecule has 0 bridgehead atoms. The van der Waals surface area contributed by atoms with Gasteiger partial charge in [-0.3, -0.25) is 4.79 Å². The zero-order valence-corrected chi connectivity index (χ0v) is 10.6. The fourth-order valence-electron chi connectivity index (χ4n) is 2.64. The van der Waals surface area contributed by atoms with Crippen LogP contribution >= 0.6 is 0 Å². The first kappa shape index (κ1) is 12.8. The highest BCUT2D eigenvalue weighted by molar-refractivity contribution is 5.77. The summed E-state index contributed by atoms with van der Waals surface area (Å²) in [7, 11) is 0. The molecule has 0 spiro atoms. The molecular formula is C13H24N2O2. The van der Waals surface area contributed by atoms with Gasteiger partial charge in [0.25, 0.3) is 0 Å². The number of hydrogen-bond donors (Lipinski definition) is 1. The van der Waals surface area contributed by atoms with E-state index in [4.69, 9.17) is 4.74 Å². The van der Waals surface area contributed by atoms with Gasteiger partial charge in [0.05, 0.1) is 0 Å². The van der Waals surface area contributed by atoms with Gasteiger partial charge in [0.1, 0.15) is 6.61 Å². The minimum Gasteiger partial charge on any atom is -0.372 e. The van der Waals surface area contributed by atoms with Gasteiger partial charge in [0.2, 0.25) is 5.91 Å². The highest BCUT2D eigenvalue weighted by Crippen LogP contribution is 2.14. The molecule has 0 saturated carbocycles. The molecule has 1 amide bonds. The minimum atomic E-state index is 0.171. The molecule has 0 radical (unpaired) electrons. The topological polar surface area (TPSA) is 41.6 Å². The normalized spacial score (nSPS) is 25.2. The number of carbonyl (C=O) groups excluding carboxylic acids is 1. The average molecular weight is 240 g/mol. The first-order valence-corrected chi connectivity index (χ1v) is 6.92. The van der Waals surface area contributed by atoms with Crippen LogP contribution in [0.25, 0.3) is 0 Å². The highest BCUT2D eigenvalue weighted by atomic mass is 16.5. The Morgan fingerprint density at radius 3 is 2.82 bits per heavy atom. The number of rotatable bonds is 5. The highest BCUT2D eigenvalue weighted by Gasteiger charge is 2.18. The largest absolute Gasteiger partial charge is 0.372 e. The maximum absolute atomic E-state index is 11.7. The molecule has 1 atom stereocenters. The Hall–Kier alpha value is -0.610. The Morgan fingerprint density at radius 2 is 2.12 bits per heavy atom. The van der Waals surface area contributed by atoms with Crippen LogP contribution < -0.4 is 5.32 Å². The van der Waals surface area contributed by atoms with Crippen LogP contribution in [0, 0.1) is 5.92 Å². The van der Waals surface area contributed by atoms with Crippen LogP contribution in [0.2, 0.25) is 0 Å². The molecule has 98 valence electrons. The van der Waals surface area contributed by atoms with E-state index in [0.29, 0.717) is 0 Å². The molecule has 0 aromatic heterocycles. The molecule has 4 nitrogen and oxygen atoms in total. The summed E-state index contributed by atoms with van der Waals surface area (Å²) in [5.74, 6) is 0.912. The average Bonchev–Trinajstić information content (AvgIpc) is 2.89. The molecule has 1 N–H and O–H groups in total. The Kier molecular flexibility index (Phi) is 5.26. The van der Waals surface area contributed by atoms with Crippen LogP contribution in [0.5, 0.6) is 0 Å². The SMILES string of the molecule is O=C(COCCC1CCCNC1)N1CCCC1. The minimum absolute atomic E-state index is 0.171. The van der Waals surface area contributed by atoms with Crippen molar-refractivity contribution in [2.24, 2.45) is 5.92 Å². The second kappa shape index (κ2) is 6.97. The monoisotopic (exact) mass is 240 g/mol. The number of amides is 1. The zero-order chi connectivity index (χ0) is 11.9. The lowest BCUT2D eigenvalue weighted by molar-refractivity contribution is -0.135. The van der Waals surface area contributed by atoms with Crippen molar-refractivity contribution in [3.8, 4) is 0 Å². The van der Waals surface area contributed by atoms with E-state index in [9.17, 15) is 4.79 Å².